The summed E-state index contributed by atoms with van der Waals surface area (Å²) < 4.78 is 118. The quantitative estimate of drug-likeness (QED) is 0.0932. The van der Waals surface area contributed by atoms with Gasteiger partial charge in [-0.05, 0) is 91.1 Å². The number of carbonyl (C=O) groups is 4. The minimum Gasteiger partial charge on any atom is -0.505 e. The Bertz CT molecular complexity index is 2700. The molecule has 4 aromatic carbocycles. The lowest BCUT2D eigenvalue weighted by Gasteiger charge is -2.29. The number of aromatic hydroxyl groups is 1. The zero-order valence-corrected chi connectivity index (χ0v) is 31.6. The van der Waals surface area contributed by atoms with Crippen molar-refractivity contribution in [2.45, 2.75) is 59.3 Å². The lowest BCUT2D eigenvalue weighted by Crippen LogP contribution is -2.31. The fraction of sp³-hybridized carbons (Fsp3) is 0.238. The number of hydrogen-bond acceptors (Lipinski definition) is 6. The predicted molar refractivity (Wildman–Crippen MR) is 196 cm³/mol. The van der Waals surface area contributed by atoms with Gasteiger partial charge in [0.15, 0.2) is 23.1 Å². The highest BCUT2D eigenvalue weighted by Crippen LogP contribution is 2.45. The van der Waals surface area contributed by atoms with Gasteiger partial charge >= 0.3 is 24.3 Å². The smallest absolute Gasteiger partial charge is 0.416 e. The maximum absolute atomic E-state index is 16.1. The molecule has 0 amide bonds. The highest BCUT2D eigenvalue weighted by atomic mass is 19.4. The van der Waals surface area contributed by atoms with Crippen LogP contribution in [0.3, 0.4) is 0 Å². The number of halogens is 8. The molecule has 0 bridgehead atoms. The minimum absolute atomic E-state index is 0.000853. The van der Waals surface area contributed by atoms with Gasteiger partial charge in [0.1, 0.15) is 0 Å². The van der Waals surface area contributed by atoms with Gasteiger partial charge < -0.3 is 14.9 Å². The molecule has 2 aromatic heterocycles. The Morgan fingerprint density at radius 2 is 1.14 bits per heavy atom. The Labute approximate surface area is 329 Å². The minimum atomic E-state index is -4.71. The van der Waals surface area contributed by atoms with Crippen molar-refractivity contribution < 1.29 is 69.3 Å². The number of benzene rings is 4. The highest BCUT2D eigenvalue weighted by molar-refractivity contribution is 6.07. The van der Waals surface area contributed by atoms with E-state index in [2.05, 4.69) is 0 Å². The van der Waals surface area contributed by atoms with Crippen molar-refractivity contribution in [3.05, 3.63) is 129 Å². The number of esters is 1. The van der Waals surface area contributed by atoms with Crippen molar-refractivity contribution in [3.8, 4) is 11.5 Å². The standard InChI is InChI=1S/C42H32F8N2O7/c1-19-25(16-34(54)55)26-15-33(29(44)18-30(26)51(19)37(56)21-6-10-23(11-7-21)41(45,46)47)59-39(58)36(40(3,4)5)35-20(2)52(31-17-28(43)32(53)14-27(31)35)38(57)22-8-12-24(13-9-22)42(48,49)50/h6-15,17-18,36,53H,16H2,1-5H3,(H,54,55). The number of phenols is 1. The Balaban J connectivity index is 1.46. The molecule has 9 nitrogen and oxygen atoms in total. The van der Waals surface area contributed by atoms with Crippen LogP contribution in [0.2, 0.25) is 0 Å². The van der Waals surface area contributed by atoms with Crippen LogP contribution in [-0.4, -0.2) is 43.1 Å². The molecule has 0 saturated carbocycles. The van der Waals surface area contributed by atoms with Crippen LogP contribution in [0, 0.1) is 30.9 Å². The first kappa shape index (κ1) is 42.1. The number of aliphatic carboxylic acids is 1. The van der Waals surface area contributed by atoms with Crippen molar-refractivity contribution in [3.63, 3.8) is 0 Å². The molecular formula is C42H32F8N2O7. The summed E-state index contributed by atoms with van der Waals surface area (Å²) in [7, 11) is 0. The van der Waals surface area contributed by atoms with E-state index in [4.69, 9.17) is 4.74 Å². The number of carboxylic acid groups (broad SMARTS) is 1. The summed E-state index contributed by atoms with van der Waals surface area (Å²) in [4.78, 5) is 53.8. The first-order valence-electron chi connectivity index (χ1n) is 17.6. The van der Waals surface area contributed by atoms with Crippen LogP contribution in [0.15, 0.2) is 72.8 Å². The third-order valence-electron chi connectivity index (χ3n) is 9.96. The van der Waals surface area contributed by atoms with Gasteiger partial charge in [0.25, 0.3) is 11.8 Å². The number of carboxylic acids is 1. The Morgan fingerprint density at radius 1 is 0.678 bits per heavy atom. The van der Waals surface area contributed by atoms with E-state index in [1.54, 1.807) is 20.8 Å². The van der Waals surface area contributed by atoms with Crippen LogP contribution in [0.4, 0.5) is 35.1 Å². The number of aromatic nitrogens is 2. The van der Waals surface area contributed by atoms with Crippen LogP contribution in [0.25, 0.3) is 21.8 Å². The van der Waals surface area contributed by atoms with Gasteiger partial charge in [-0.3, -0.25) is 28.3 Å². The number of ether oxygens (including phenoxy) is 1. The van der Waals surface area contributed by atoms with Crippen LogP contribution in [0.1, 0.15) is 81.0 Å². The average Bonchev–Trinajstić information content (AvgIpc) is 3.54. The molecule has 0 spiro atoms. The number of alkyl halides is 6. The predicted octanol–water partition coefficient (Wildman–Crippen LogP) is 9.97. The molecule has 59 heavy (non-hydrogen) atoms. The van der Waals surface area contributed by atoms with Gasteiger partial charge in [-0.25, -0.2) is 8.78 Å². The molecule has 0 aliphatic carbocycles. The number of hydrogen-bond donors (Lipinski definition) is 2. The summed E-state index contributed by atoms with van der Waals surface area (Å²) in [5.41, 5.74) is -4.01. The van der Waals surface area contributed by atoms with Gasteiger partial charge in [-0.1, -0.05) is 20.8 Å². The van der Waals surface area contributed by atoms with Gasteiger partial charge in [-0.2, -0.15) is 26.3 Å². The molecular weight excluding hydrogens is 796 g/mol. The topological polar surface area (TPSA) is 128 Å². The van der Waals surface area contributed by atoms with E-state index < -0.39 is 88.1 Å². The molecule has 6 aromatic rings. The van der Waals surface area contributed by atoms with Crippen LogP contribution >= 0.6 is 0 Å². The highest BCUT2D eigenvalue weighted by Gasteiger charge is 2.40. The van der Waals surface area contributed by atoms with E-state index in [9.17, 15) is 60.1 Å². The van der Waals surface area contributed by atoms with Crippen molar-refractivity contribution in [1.29, 1.82) is 0 Å². The van der Waals surface area contributed by atoms with Gasteiger partial charge in [0.05, 0.1) is 34.5 Å². The summed E-state index contributed by atoms with van der Waals surface area (Å²) in [6.45, 7) is 7.49. The Kier molecular flexibility index (Phi) is 10.5. The molecule has 0 saturated heterocycles. The second-order valence-corrected chi connectivity index (χ2v) is 14.9. The maximum Gasteiger partial charge on any atom is 0.416 e. The number of fused-ring (bicyclic) bond motifs is 2. The third-order valence-corrected chi connectivity index (χ3v) is 9.96. The van der Waals surface area contributed by atoms with Crippen molar-refractivity contribution >= 4 is 45.6 Å². The van der Waals surface area contributed by atoms with Gasteiger partial charge in [-0.15, -0.1) is 0 Å². The van der Waals surface area contributed by atoms with E-state index in [1.807, 2.05) is 0 Å². The molecule has 2 N–H and O–H groups in total. The fourth-order valence-electron chi connectivity index (χ4n) is 7.20. The van der Waals surface area contributed by atoms with E-state index >= 15 is 4.39 Å². The summed E-state index contributed by atoms with van der Waals surface area (Å²) >= 11 is 0. The summed E-state index contributed by atoms with van der Waals surface area (Å²) in [5, 5.41) is 20.1. The molecule has 308 valence electrons. The lowest BCUT2D eigenvalue weighted by molar-refractivity contribution is -0.139. The molecule has 6 rings (SSSR count). The second kappa shape index (κ2) is 14.7. The summed E-state index contributed by atoms with van der Waals surface area (Å²) in [5.74, 6) is -9.72. The van der Waals surface area contributed by atoms with E-state index in [0.29, 0.717) is 24.3 Å². The van der Waals surface area contributed by atoms with Gasteiger partial charge in [0, 0.05) is 45.4 Å². The second-order valence-electron chi connectivity index (χ2n) is 14.9. The molecule has 2 heterocycles. The zero-order valence-electron chi connectivity index (χ0n) is 31.6. The largest absolute Gasteiger partial charge is 0.505 e. The molecule has 0 radical (unpaired) electrons. The normalized spacial score (nSPS) is 12.9. The monoisotopic (exact) mass is 828 g/mol. The van der Waals surface area contributed by atoms with Crippen molar-refractivity contribution in [2.24, 2.45) is 5.41 Å². The van der Waals surface area contributed by atoms with Crippen LogP contribution < -0.4 is 4.74 Å². The first-order chi connectivity index (χ1) is 27.3. The summed E-state index contributed by atoms with van der Waals surface area (Å²) in [6.07, 6.45) is -10.1. The first-order valence-corrected chi connectivity index (χ1v) is 17.6. The average molecular weight is 829 g/mol. The number of nitrogens with zero attached hydrogens (tertiary/aromatic N) is 2. The number of phenolic OH excluding ortho intramolecular Hbond substituents is 1. The maximum atomic E-state index is 16.1. The molecule has 1 atom stereocenters. The molecule has 1 unspecified atom stereocenters. The zero-order chi connectivity index (χ0) is 43.7. The van der Waals surface area contributed by atoms with Crippen LogP contribution in [-0.2, 0) is 28.4 Å². The fourth-order valence-corrected chi connectivity index (χ4v) is 7.20. The van der Waals surface area contributed by atoms with E-state index in [0.717, 1.165) is 57.7 Å². The van der Waals surface area contributed by atoms with Crippen molar-refractivity contribution in [2.75, 3.05) is 0 Å². The molecule has 17 heteroatoms. The number of rotatable bonds is 7. The SMILES string of the molecule is Cc1c(CC(=O)O)c2cc(OC(=O)C(c3c(C)n(C(=O)c4ccc(C(F)(F)F)cc4)c4cc(F)c(O)cc34)C(C)(C)C)c(F)cc2n1C(=O)c1ccc(C(F)(F)F)cc1. The Morgan fingerprint density at radius 3 is 1.59 bits per heavy atom. The Hall–Kier alpha value is -6.52. The van der Waals surface area contributed by atoms with Crippen molar-refractivity contribution in [1.82, 2.24) is 9.13 Å². The molecule has 0 aliphatic rings. The van der Waals surface area contributed by atoms with Gasteiger partial charge in [0.2, 0.25) is 0 Å². The molecule has 0 aliphatic heterocycles. The van der Waals surface area contributed by atoms with E-state index in [1.165, 1.54) is 13.8 Å². The summed E-state index contributed by atoms with van der Waals surface area (Å²) in [6, 6.07) is 9.96. The van der Waals surface area contributed by atoms with E-state index in [-0.39, 0.29) is 55.4 Å². The van der Waals surface area contributed by atoms with Crippen LogP contribution in [0.5, 0.6) is 11.5 Å². The third kappa shape index (κ3) is 7.76. The number of carbonyl (C=O) groups excluding carboxylic acids is 3. The molecule has 0 fully saturated rings. The lowest BCUT2D eigenvalue weighted by atomic mass is 9.75.